The predicted molar refractivity (Wildman–Crippen MR) is 64.6 cm³/mol. The molecule has 3 nitrogen and oxygen atoms in total. The van der Waals surface area contributed by atoms with Gasteiger partial charge in [0.1, 0.15) is 12.0 Å². The van der Waals surface area contributed by atoms with Gasteiger partial charge in [-0.1, -0.05) is 26.8 Å². The molecule has 1 aromatic rings. The van der Waals surface area contributed by atoms with Crippen molar-refractivity contribution in [1.29, 1.82) is 0 Å². The van der Waals surface area contributed by atoms with Gasteiger partial charge in [0.25, 0.3) is 0 Å². The normalized spacial score (nSPS) is 23.3. The van der Waals surface area contributed by atoms with E-state index in [0.717, 1.165) is 5.56 Å². The summed E-state index contributed by atoms with van der Waals surface area (Å²) in [5.74, 6) is -0.255. The van der Waals surface area contributed by atoms with E-state index >= 15 is 0 Å². The summed E-state index contributed by atoms with van der Waals surface area (Å²) >= 11 is 0. The number of hydrogen-bond donors (Lipinski definition) is 1. The fourth-order valence-electron chi connectivity index (χ4n) is 1.57. The Balaban J connectivity index is 2.01. The van der Waals surface area contributed by atoms with E-state index in [1.165, 1.54) is 0 Å². The lowest BCUT2D eigenvalue weighted by molar-refractivity contribution is -0.117. The van der Waals surface area contributed by atoms with Gasteiger partial charge >= 0.3 is 0 Å². The van der Waals surface area contributed by atoms with E-state index in [9.17, 15) is 9.18 Å². The van der Waals surface area contributed by atoms with Crippen molar-refractivity contribution in [1.82, 2.24) is 4.98 Å². The van der Waals surface area contributed by atoms with Crippen molar-refractivity contribution in [3.63, 3.8) is 0 Å². The number of carbonyl (C=O) groups is 1. The highest BCUT2D eigenvalue weighted by atomic mass is 19.1. The lowest BCUT2D eigenvalue weighted by Gasteiger charge is -2.18. The van der Waals surface area contributed by atoms with Crippen LogP contribution in [-0.2, 0) is 10.2 Å². The highest BCUT2D eigenvalue weighted by molar-refractivity contribution is 5.93. The average molecular weight is 236 g/mol. The molecule has 2 atom stereocenters. The summed E-state index contributed by atoms with van der Waals surface area (Å²) in [6.45, 7) is 6.29. The summed E-state index contributed by atoms with van der Waals surface area (Å²) in [6, 6.07) is 3.69. The van der Waals surface area contributed by atoms with E-state index in [2.05, 4.69) is 31.1 Å². The molecule has 0 aromatic carbocycles. The molecule has 0 spiro atoms. The first kappa shape index (κ1) is 12.0. The number of anilines is 1. The van der Waals surface area contributed by atoms with Crippen LogP contribution in [0.3, 0.4) is 0 Å². The molecular formula is C13H17FN2O. The van der Waals surface area contributed by atoms with Gasteiger partial charge in [0.05, 0.1) is 5.92 Å². The predicted octanol–water partition coefficient (Wildman–Crippen LogP) is 2.68. The van der Waals surface area contributed by atoms with E-state index in [4.69, 9.17) is 0 Å². The highest BCUT2D eigenvalue weighted by Gasteiger charge is 2.43. The molecule has 1 aliphatic carbocycles. The maximum atomic E-state index is 12.7. The second-order valence-electron chi connectivity index (χ2n) is 5.53. The van der Waals surface area contributed by atoms with Crippen LogP contribution in [0.1, 0.15) is 32.8 Å². The maximum absolute atomic E-state index is 12.7. The molecular weight excluding hydrogens is 219 g/mol. The largest absolute Gasteiger partial charge is 0.310 e. The minimum absolute atomic E-state index is 0.0378. The van der Waals surface area contributed by atoms with Crippen LogP contribution in [0.25, 0.3) is 0 Å². The zero-order chi connectivity index (χ0) is 12.6. The molecule has 1 saturated carbocycles. The molecule has 1 aromatic heterocycles. The molecule has 17 heavy (non-hydrogen) atoms. The SMILES string of the molecule is CC(C)(C)c1ccc(NC(=O)[C@H]2C[C@H]2F)nc1. The van der Waals surface area contributed by atoms with E-state index in [1.54, 1.807) is 12.3 Å². The molecule has 0 radical (unpaired) electrons. The number of pyridine rings is 1. The van der Waals surface area contributed by atoms with Crippen molar-refractivity contribution in [3.05, 3.63) is 23.9 Å². The number of alkyl halides is 1. The quantitative estimate of drug-likeness (QED) is 0.857. The number of nitrogens with zero attached hydrogens (tertiary/aromatic N) is 1. The van der Waals surface area contributed by atoms with Crippen LogP contribution in [0, 0.1) is 5.92 Å². The lowest BCUT2D eigenvalue weighted by atomic mass is 9.88. The Hall–Kier alpha value is -1.45. The molecule has 1 fully saturated rings. The smallest absolute Gasteiger partial charge is 0.231 e. The van der Waals surface area contributed by atoms with Crippen LogP contribution in [0.2, 0.25) is 0 Å². The van der Waals surface area contributed by atoms with E-state index in [1.807, 2.05) is 6.07 Å². The van der Waals surface area contributed by atoms with Crippen LogP contribution in [-0.4, -0.2) is 17.1 Å². The van der Waals surface area contributed by atoms with Gasteiger partial charge in [-0.2, -0.15) is 0 Å². The van der Waals surface area contributed by atoms with Crippen molar-refractivity contribution < 1.29 is 9.18 Å². The molecule has 0 unspecified atom stereocenters. The van der Waals surface area contributed by atoms with Gasteiger partial charge in [-0.05, 0) is 23.5 Å². The molecule has 2 rings (SSSR count). The molecule has 1 N–H and O–H groups in total. The van der Waals surface area contributed by atoms with Gasteiger partial charge in [-0.25, -0.2) is 9.37 Å². The van der Waals surface area contributed by atoms with E-state index < -0.39 is 12.1 Å². The van der Waals surface area contributed by atoms with Gasteiger partial charge < -0.3 is 5.32 Å². The molecule has 4 heteroatoms. The summed E-state index contributed by atoms with van der Waals surface area (Å²) in [5.41, 5.74) is 1.14. The van der Waals surface area contributed by atoms with Crippen LogP contribution < -0.4 is 5.32 Å². The van der Waals surface area contributed by atoms with E-state index in [0.29, 0.717) is 12.2 Å². The number of halogens is 1. The van der Waals surface area contributed by atoms with Crippen LogP contribution in [0.15, 0.2) is 18.3 Å². The zero-order valence-corrected chi connectivity index (χ0v) is 10.3. The molecule has 0 aliphatic heterocycles. The second-order valence-corrected chi connectivity index (χ2v) is 5.53. The first-order valence-corrected chi connectivity index (χ1v) is 5.79. The van der Waals surface area contributed by atoms with Gasteiger partial charge in [0.15, 0.2) is 0 Å². The summed E-state index contributed by atoms with van der Waals surface area (Å²) in [7, 11) is 0. The third-order valence-electron chi connectivity index (χ3n) is 2.93. The first-order chi connectivity index (χ1) is 7.88. The first-order valence-electron chi connectivity index (χ1n) is 5.79. The summed E-state index contributed by atoms with van der Waals surface area (Å²) in [6.07, 6.45) is 1.12. The molecule has 1 aliphatic rings. The second kappa shape index (κ2) is 4.09. The Kier molecular flexibility index (Phi) is 2.89. The molecule has 92 valence electrons. The monoisotopic (exact) mass is 236 g/mol. The fraction of sp³-hybridized carbons (Fsp3) is 0.538. The van der Waals surface area contributed by atoms with Crippen molar-refractivity contribution in [2.45, 2.75) is 38.8 Å². The fourth-order valence-corrected chi connectivity index (χ4v) is 1.57. The Morgan fingerprint density at radius 1 is 1.47 bits per heavy atom. The van der Waals surface area contributed by atoms with Gasteiger partial charge in [-0.3, -0.25) is 4.79 Å². The minimum atomic E-state index is -0.969. The van der Waals surface area contributed by atoms with Gasteiger partial charge in [0.2, 0.25) is 5.91 Å². The Bertz CT molecular complexity index is 422. The summed E-state index contributed by atoms with van der Waals surface area (Å²) in [5, 5.41) is 2.62. The molecule has 0 bridgehead atoms. The molecule has 0 saturated heterocycles. The minimum Gasteiger partial charge on any atom is -0.310 e. The summed E-state index contributed by atoms with van der Waals surface area (Å²) in [4.78, 5) is 15.6. The van der Waals surface area contributed by atoms with Gasteiger partial charge in [0, 0.05) is 6.20 Å². The lowest BCUT2D eigenvalue weighted by Crippen LogP contribution is -2.17. The number of aromatic nitrogens is 1. The number of rotatable bonds is 2. The number of carbonyl (C=O) groups excluding carboxylic acids is 1. The standard InChI is InChI=1S/C13H17FN2O/c1-13(2,3)8-4-5-11(15-7-8)16-12(17)9-6-10(9)14/h4-5,7,9-10H,6H2,1-3H3,(H,15,16,17)/t9-,10+/m0/s1. The van der Waals surface area contributed by atoms with Crippen LogP contribution in [0.5, 0.6) is 0 Å². The zero-order valence-electron chi connectivity index (χ0n) is 10.3. The number of amides is 1. The van der Waals surface area contributed by atoms with Crippen molar-refractivity contribution in [2.75, 3.05) is 5.32 Å². The molecule has 1 amide bonds. The topological polar surface area (TPSA) is 42.0 Å². The van der Waals surface area contributed by atoms with Crippen molar-refractivity contribution in [2.24, 2.45) is 5.92 Å². The van der Waals surface area contributed by atoms with Gasteiger partial charge in [-0.15, -0.1) is 0 Å². The summed E-state index contributed by atoms with van der Waals surface area (Å²) < 4.78 is 12.7. The third-order valence-corrected chi connectivity index (χ3v) is 2.93. The average Bonchev–Trinajstić information content (AvgIpc) is 2.95. The number of nitrogens with one attached hydrogen (secondary N) is 1. The number of hydrogen-bond acceptors (Lipinski definition) is 2. The van der Waals surface area contributed by atoms with Crippen molar-refractivity contribution >= 4 is 11.7 Å². The van der Waals surface area contributed by atoms with E-state index in [-0.39, 0.29) is 11.3 Å². The maximum Gasteiger partial charge on any atom is 0.231 e. The van der Waals surface area contributed by atoms with Crippen LogP contribution in [0.4, 0.5) is 10.2 Å². The Morgan fingerprint density at radius 2 is 2.12 bits per heavy atom. The third kappa shape index (κ3) is 2.81. The highest BCUT2D eigenvalue weighted by Crippen LogP contribution is 2.34. The van der Waals surface area contributed by atoms with Crippen LogP contribution >= 0.6 is 0 Å². The molecule has 1 heterocycles. The Morgan fingerprint density at radius 3 is 2.53 bits per heavy atom. The Labute approximate surface area is 100 Å². The van der Waals surface area contributed by atoms with Crippen molar-refractivity contribution in [3.8, 4) is 0 Å².